The zero-order valence-electron chi connectivity index (χ0n) is 16.7. The van der Waals surface area contributed by atoms with E-state index in [0.29, 0.717) is 36.2 Å². The molecule has 2 atom stereocenters. The molecule has 0 aliphatic carbocycles. The highest BCUT2D eigenvalue weighted by atomic mass is 32.2. The molecule has 0 aromatic heterocycles. The number of piperidine rings is 1. The van der Waals surface area contributed by atoms with Crippen LogP contribution in [0.1, 0.15) is 43.1 Å². The number of anilines is 1. The minimum atomic E-state index is -3.61. The predicted molar refractivity (Wildman–Crippen MR) is 112 cm³/mol. The molecule has 28 heavy (non-hydrogen) atoms. The molecular formula is C22H28N2O3S. The van der Waals surface area contributed by atoms with Crippen LogP contribution in [-0.4, -0.2) is 31.7 Å². The summed E-state index contributed by atoms with van der Waals surface area (Å²) in [6.07, 6.45) is 1.97. The van der Waals surface area contributed by atoms with Gasteiger partial charge in [-0.15, -0.1) is 0 Å². The van der Waals surface area contributed by atoms with E-state index in [1.165, 1.54) is 11.6 Å². The van der Waals surface area contributed by atoms with Crippen LogP contribution in [0.5, 0.6) is 0 Å². The maximum Gasteiger partial charge on any atom is 0.255 e. The summed E-state index contributed by atoms with van der Waals surface area (Å²) in [4.78, 5) is 12.8. The van der Waals surface area contributed by atoms with Gasteiger partial charge in [-0.05, 0) is 60.6 Å². The van der Waals surface area contributed by atoms with Crippen LogP contribution < -0.4 is 5.32 Å². The second-order valence-corrected chi connectivity index (χ2v) is 9.74. The fraction of sp³-hybridized carbons (Fsp3) is 0.409. The number of sulfonamides is 1. The SMILES string of the molecule is CCc1ccc(NC(=O)c2cccc(S(=O)(=O)N3CC(C)CC(C)C3)c2)cc1. The Hall–Kier alpha value is -2.18. The monoisotopic (exact) mass is 400 g/mol. The van der Waals surface area contributed by atoms with Gasteiger partial charge in [-0.2, -0.15) is 4.31 Å². The van der Waals surface area contributed by atoms with Crippen LogP contribution in [0.4, 0.5) is 5.69 Å². The van der Waals surface area contributed by atoms with E-state index in [1.807, 2.05) is 24.3 Å². The van der Waals surface area contributed by atoms with Crippen LogP contribution in [0.3, 0.4) is 0 Å². The van der Waals surface area contributed by atoms with Crippen molar-refractivity contribution in [2.75, 3.05) is 18.4 Å². The molecule has 0 saturated carbocycles. The molecule has 1 N–H and O–H groups in total. The fourth-order valence-corrected chi connectivity index (χ4v) is 5.50. The summed E-state index contributed by atoms with van der Waals surface area (Å²) in [5.41, 5.74) is 2.21. The van der Waals surface area contributed by atoms with E-state index in [-0.39, 0.29) is 10.8 Å². The molecule has 5 nitrogen and oxygen atoms in total. The van der Waals surface area contributed by atoms with Crippen LogP contribution in [0.2, 0.25) is 0 Å². The molecule has 1 aliphatic heterocycles. The molecule has 1 amide bonds. The number of amides is 1. The number of rotatable bonds is 5. The number of carbonyl (C=O) groups excluding carboxylic acids is 1. The largest absolute Gasteiger partial charge is 0.322 e. The summed E-state index contributed by atoms with van der Waals surface area (Å²) in [5.74, 6) is 0.342. The first kappa shape index (κ1) is 20.6. The highest BCUT2D eigenvalue weighted by Crippen LogP contribution is 2.27. The van der Waals surface area contributed by atoms with Gasteiger partial charge >= 0.3 is 0 Å². The summed E-state index contributed by atoms with van der Waals surface area (Å²) in [6, 6.07) is 13.9. The Morgan fingerprint density at radius 1 is 1.07 bits per heavy atom. The lowest BCUT2D eigenvalue weighted by molar-refractivity contribution is 0.102. The summed E-state index contributed by atoms with van der Waals surface area (Å²) in [5, 5.41) is 2.83. The number of hydrogen-bond acceptors (Lipinski definition) is 3. The van der Waals surface area contributed by atoms with E-state index < -0.39 is 10.0 Å². The topological polar surface area (TPSA) is 66.5 Å². The quantitative estimate of drug-likeness (QED) is 0.819. The zero-order valence-corrected chi connectivity index (χ0v) is 17.5. The van der Waals surface area contributed by atoms with Crippen LogP contribution in [0.25, 0.3) is 0 Å². The van der Waals surface area contributed by atoms with Gasteiger partial charge in [0, 0.05) is 24.3 Å². The first-order chi connectivity index (χ1) is 13.3. The van der Waals surface area contributed by atoms with Gasteiger partial charge in [0.25, 0.3) is 5.91 Å². The third kappa shape index (κ3) is 4.62. The summed E-state index contributed by atoms with van der Waals surface area (Å²) >= 11 is 0. The number of hydrogen-bond donors (Lipinski definition) is 1. The maximum atomic E-state index is 13.1. The van der Waals surface area contributed by atoms with Crippen LogP contribution >= 0.6 is 0 Å². The predicted octanol–water partition coefficient (Wildman–Crippen LogP) is 4.17. The van der Waals surface area contributed by atoms with Gasteiger partial charge in [-0.1, -0.05) is 39.0 Å². The molecule has 6 heteroatoms. The molecule has 3 rings (SSSR count). The molecule has 1 aliphatic rings. The van der Waals surface area contributed by atoms with E-state index in [9.17, 15) is 13.2 Å². The Kier molecular flexibility index (Phi) is 6.20. The molecule has 150 valence electrons. The van der Waals surface area contributed by atoms with E-state index in [1.54, 1.807) is 22.5 Å². The number of nitrogens with zero attached hydrogens (tertiary/aromatic N) is 1. The second kappa shape index (κ2) is 8.45. The van der Waals surface area contributed by atoms with E-state index in [4.69, 9.17) is 0 Å². The molecule has 1 fully saturated rings. The first-order valence-electron chi connectivity index (χ1n) is 9.80. The minimum Gasteiger partial charge on any atom is -0.322 e. The Bertz CT molecular complexity index is 929. The van der Waals surface area contributed by atoms with Gasteiger partial charge in [0.05, 0.1) is 4.90 Å². The molecular weight excluding hydrogens is 372 g/mol. The lowest BCUT2D eigenvalue weighted by Gasteiger charge is -2.34. The average molecular weight is 401 g/mol. The summed E-state index contributed by atoms with van der Waals surface area (Å²) in [6.45, 7) is 7.26. The molecule has 0 radical (unpaired) electrons. The standard InChI is InChI=1S/C22H28N2O3S/c1-4-18-8-10-20(11-9-18)23-22(25)19-6-5-7-21(13-19)28(26,27)24-14-16(2)12-17(3)15-24/h5-11,13,16-17H,4,12,14-15H2,1-3H3,(H,23,25). The lowest BCUT2D eigenvalue weighted by Crippen LogP contribution is -2.42. The van der Waals surface area contributed by atoms with Crippen LogP contribution in [0.15, 0.2) is 53.4 Å². The van der Waals surface area contributed by atoms with Crippen LogP contribution in [-0.2, 0) is 16.4 Å². The molecule has 1 saturated heterocycles. The zero-order chi connectivity index (χ0) is 20.3. The van der Waals surface area contributed by atoms with Crippen molar-refractivity contribution in [1.82, 2.24) is 4.31 Å². The molecule has 1 heterocycles. The smallest absolute Gasteiger partial charge is 0.255 e. The van der Waals surface area contributed by atoms with E-state index in [2.05, 4.69) is 26.1 Å². The Morgan fingerprint density at radius 2 is 1.71 bits per heavy atom. The maximum absolute atomic E-state index is 13.1. The Labute approximate surface area is 167 Å². The van der Waals surface area contributed by atoms with Crippen molar-refractivity contribution in [1.29, 1.82) is 0 Å². The van der Waals surface area contributed by atoms with E-state index in [0.717, 1.165) is 12.8 Å². The van der Waals surface area contributed by atoms with Crippen molar-refractivity contribution < 1.29 is 13.2 Å². The van der Waals surface area contributed by atoms with Gasteiger partial charge in [0.15, 0.2) is 0 Å². The number of carbonyl (C=O) groups is 1. The third-order valence-electron chi connectivity index (χ3n) is 5.19. The summed E-state index contributed by atoms with van der Waals surface area (Å²) in [7, 11) is -3.61. The van der Waals surface area contributed by atoms with Crippen molar-refractivity contribution in [2.45, 2.75) is 38.5 Å². The molecule has 0 spiro atoms. The highest BCUT2D eigenvalue weighted by molar-refractivity contribution is 7.89. The molecule has 0 bridgehead atoms. The highest BCUT2D eigenvalue weighted by Gasteiger charge is 2.31. The lowest BCUT2D eigenvalue weighted by atomic mass is 9.94. The van der Waals surface area contributed by atoms with E-state index >= 15 is 0 Å². The number of benzene rings is 2. The van der Waals surface area contributed by atoms with Crippen molar-refractivity contribution in [3.8, 4) is 0 Å². The Balaban J connectivity index is 1.79. The Morgan fingerprint density at radius 3 is 2.32 bits per heavy atom. The fourth-order valence-electron chi connectivity index (χ4n) is 3.78. The van der Waals surface area contributed by atoms with Gasteiger partial charge < -0.3 is 5.32 Å². The van der Waals surface area contributed by atoms with Gasteiger partial charge in [0.1, 0.15) is 0 Å². The second-order valence-electron chi connectivity index (χ2n) is 7.80. The minimum absolute atomic E-state index is 0.169. The average Bonchev–Trinajstić information content (AvgIpc) is 2.68. The summed E-state index contributed by atoms with van der Waals surface area (Å²) < 4.78 is 27.7. The number of nitrogens with one attached hydrogen (secondary N) is 1. The molecule has 2 aromatic carbocycles. The van der Waals surface area contributed by atoms with Crippen molar-refractivity contribution in [2.24, 2.45) is 11.8 Å². The normalized spacial score (nSPS) is 20.7. The molecule has 2 unspecified atom stereocenters. The van der Waals surface area contributed by atoms with Gasteiger partial charge in [-0.3, -0.25) is 4.79 Å². The van der Waals surface area contributed by atoms with Crippen molar-refractivity contribution >= 4 is 21.6 Å². The molecule has 2 aromatic rings. The van der Waals surface area contributed by atoms with Crippen molar-refractivity contribution in [3.63, 3.8) is 0 Å². The van der Waals surface area contributed by atoms with Crippen LogP contribution in [0, 0.1) is 11.8 Å². The number of aryl methyl sites for hydroxylation is 1. The first-order valence-corrected chi connectivity index (χ1v) is 11.2. The third-order valence-corrected chi connectivity index (χ3v) is 7.02. The van der Waals surface area contributed by atoms with Gasteiger partial charge in [0.2, 0.25) is 10.0 Å². The van der Waals surface area contributed by atoms with Crippen molar-refractivity contribution in [3.05, 3.63) is 59.7 Å². The van der Waals surface area contributed by atoms with Gasteiger partial charge in [-0.25, -0.2) is 8.42 Å².